The van der Waals surface area contributed by atoms with Crippen LogP contribution >= 0.6 is 0 Å². The number of methoxy groups -OCH3 is 1. The lowest BCUT2D eigenvalue weighted by Gasteiger charge is -2.26. The van der Waals surface area contributed by atoms with E-state index in [4.69, 9.17) is 4.74 Å². The van der Waals surface area contributed by atoms with E-state index in [0.717, 1.165) is 41.2 Å². The van der Waals surface area contributed by atoms with Gasteiger partial charge in [0, 0.05) is 23.1 Å². The fraction of sp³-hybridized carbons (Fsp3) is 0.391. The summed E-state index contributed by atoms with van der Waals surface area (Å²) in [5.41, 5.74) is 3.88. The van der Waals surface area contributed by atoms with E-state index in [1.165, 1.54) is 0 Å². The number of nitrogens with zero attached hydrogens (tertiary/aromatic N) is 2. The molecule has 29 heavy (non-hydrogen) atoms. The smallest absolute Gasteiger partial charge is 0.262 e. The lowest BCUT2D eigenvalue weighted by Crippen LogP contribution is -2.39. The van der Waals surface area contributed by atoms with E-state index in [1.807, 2.05) is 50.2 Å². The third kappa shape index (κ3) is 4.69. The molecule has 1 aliphatic carbocycles. The highest BCUT2D eigenvalue weighted by Gasteiger charge is 2.22. The monoisotopic (exact) mass is 393 g/mol. The number of carbonyl (C=O) groups excluding carboxylic acids is 1. The van der Waals surface area contributed by atoms with Crippen molar-refractivity contribution in [2.24, 2.45) is 0 Å². The first-order valence-electron chi connectivity index (χ1n) is 9.87. The van der Waals surface area contributed by atoms with Crippen LogP contribution in [0.15, 0.2) is 35.9 Å². The molecule has 0 bridgehead atoms. The minimum Gasteiger partial charge on any atom is -0.497 e. The molecule has 1 aromatic heterocycles. The number of carbonyl (C=O) groups is 1. The van der Waals surface area contributed by atoms with Crippen LogP contribution in [0.2, 0.25) is 0 Å². The molecule has 1 aromatic carbocycles. The highest BCUT2D eigenvalue weighted by atomic mass is 16.5. The van der Waals surface area contributed by atoms with Crippen molar-refractivity contribution >= 4 is 12.0 Å². The van der Waals surface area contributed by atoms with Crippen LogP contribution in [-0.4, -0.2) is 34.8 Å². The maximum atomic E-state index is 12.6. The van der Waals surface area contributed by atoms with Crippen molar-refractivity contribution in [2.45, 2.75) is 51.7 Å². The predicted octanol–water partition coefficient (Wildman–Crippen LogP) is 3.43. The molecule has 1 heterocycles. The fourth-order valence-electron chi connectivity index (χ4n) is 3.85. The lowest BCUT2D eigenvalue weighted by molar-refractivity contribution is -0.118. The zero-order valence-corrected chi connectivity index (χ0v) is 17.1. The molecule has 1 aliphatic rings. The summed E-state index contributed by atoms with van der Waals surface area (Å²) in [5.74, 6) is 0.429. The summed E-state index contributed by atoms with van der Waals surface area (Å²) in [4.78, 5) is 12.6. The maximum Gasteiger partial charge on any atom is 0.262 e. The normalized spacial score (nSPS) is 19.5. The molecule has 0 spiro atoms. The Kier molecular flexibility index (Phi) is 6.40. The van der Waals surface area contributed by atoms with E-state index >= 15 is 0 Å². The van der Waals surface area contributed by atoms with Crippen molar-refractivity contribution in [3.63, 3.8) is 0 Å². The van der Waals surface area contributed by atoms with E-state index in [9.17, 15) is 15.2 Å². The molecule has 0 saturated heterocycles. The number of nitrogens with one attached hydrogen (secondary N) is 1. The molecule has 0 radical (unpaired) electrons. The Morgan fingerprint density at radius 1 is 1.24 bits per heavy atom. The standard InChI is InChI=1S/C23H27N3O3/c1-15-12-17(16(2)26(15)20-6-10-22(29-3)11-7-20)13-18(14-24)23(28)25-19-4-8-21(27)9-5-19/h6-7,10-13,19,21,27H,4-5,8-9H2,1-3H3,(H,25,28). The third-order valence-electron chi connectivity index (χ3n) is 5.50. The van der Waals surface area contributed by atoms with Gasteiger partial charge in [-0.15, -0.1) is 0 Å². The van der Waals surface area contributed by atoms with Crippen LogP contribution in [0.25, 0.3) is 11.8 Å². The SMILES string of the molecule is COc1ccc(-n2c(C)cc(C=C(C#N)C(=O)NC3CCC(O)CC3)c2C)cc1. The molecular weight excluding hydrogens is 366 g/mol. The number of hydrogen-bond acceptors (Lipinski definition) is 4. The Morgan fingerprint density at radius 2 is 1.90 bits per heavy atom. The molecule has 0 aliphatic heterocycles. The number of amides is 1. The first-order chi connectivity index (χ1) is 13.9. The third-order valence-corrected chi connectivity index (χ3v) is 5.50. The molecule has 1 amide bonds. The largest absolute Gasteiger partial charge is 0.497 e. The molecule has 2 aromatic rings. The summed E-state index contributed by atoms with van der Waals surface area (Å²) in [5, 5.41) is 22.1. The van der Waals surface area contributed by atoms with Gasteiger partial charge in [-0.25, -0.2) is 0 Å². The molecule has 0 atom stereocenters. The molecule has 0 unspecified atom stereocenters. The van der Waals surface area contributed by atoms with Crippen molar-refractivity contribution in [3.05, 3.63) is 52.9 Å². The van der Waals surface area contributed by atoms with Gasteiger partial charge in [0.25, 0.3) is 5.91 Å². The summed E-state index contributed by atoms with van der Waals surface area (Å²) >= 11 is 0. The van der Waals surface area contributed by atoms with Crippen molar-refractivity contribution in [3.8, 4) is 17.5 Å². The number of aromatic nitrogens is 1. The first-order valence-corrected chi connectivity index (χ1v) is 9.87. The number of aryl methyl sites for hydroxylation is 1. The second-order valence-corrected chi connectivity index (χ2v) is 7.51. The average molecular weight is 393 g/mol. The molecular formula is C23H27N3O3. The van der Waals surface area contributed by atoms with Gasteiger partial charge in [-0.3, -0.25) is 4.79 Å². The van der Waals surface area contributed by atoms with Gasteiger partial charge in [0.15, 0.2) is 0 Å². The second-order valence-electron chi connectivity index (χ2n) is 7.51. The molecule has 1 fully saturated rings. The molecule has 6 nitrogen and oxygen atoms in total. The van der Waals surface area contributed by atoms with Crippen LogP contribution in [0.1, 0.15) is 42.6 Å². The zero-order chi connectivity index (χ0) is 21.0. The molecule has 1 saturated carbocycles. The zero-order valence-electron chi connectivity index (χ0n) is 17.1. The molecule has 6 heteroatoms. The first kappa shape index (κ1) is 20.7. The van der Waals surface area contributed by atoms with Crippen LogP contribution in [-0.2, 0) is 4.79 Å². The van der Waals surface area contributed by atoms with Crippen LogP contribution in [0.4, 0.5) is 0 Å². The van der Waals surface area contributed by atoms with E-state index in [1.54, 1.807) is 13.2 Å². The molecule has 3 rings (SSSR count). The quantitative estimate of drug-likeness (QED) is 0.602. The Labute approximate surface area is 171 Å². The van der Waals surface area contributed by atoms with Gasteiger partial charge in [-0.05, 0) is 81.5 Å². The summed E-state index contributed by atoms with van der Waals surface area (Å²) in [6.45, 7) is 3.96. The molecule has 2 N–H and O–H groups in total. The number of hydrogen-bond donors (Lipinski definition) is 2. The van der Waals surface area contributed by atoms with Crippen LogP contribution < -0.4 is 10.1 Å². The summed E-state index contributed by atoms with van der Waals surface area (Å²) < 4.78 is 7.30. The van der Waals surface area contributed by atoms with Gasteiger partial charge < -0.3 is 19.7 Å². The number of nitriles is 1. The number of aliphatic hydroxyl groups is 1. The van der Waals surface area contributed by atoms with Crippen LogP contribution in [0.5, 0.6) is 5.75 Å². The van der Waals surface area contributed by atoms with Crippen molar-refractivity contribution in [2.75, 3.05) is 7.11 Å². The number of benzene rings is 1. The van der Waals surface area contributed by atoms with E-state index in [-0.39, 0.29) is 23.6 Å². The highest BCUT2D eigenvalue weighted by Crippen LogP contribution is 2.25. The van der Waals surface area contributed by atoms with E-state index in [0.29, 0.717) is 12.8 Å². The predicted molar refractivity (Wildman–Crippen MR) is 112 cm³/mol. The Hall–Kier alpha value is -3.04. The maximum absolute atomic E-state index is 12.6. The average Bonchev–Trinajstić information content (AvgIpc) is 3.00. The van der Waals surface area contributed by atoms with E-state index in [2.05, 4.69) is 9.88 Å². The fourth-order valence-corrected chi connectivity index (χ4v) is 3.85. The summed E-state index contributed by atoms with van der Waals surface area (Å²) in [6.07, 6.45) is 4.20. The minimum absolute atomic E-state index is 0.00869. The van der Waals surface area contributed by atoms with Gasteiger partial charge in [0.2, 0.25) is 0 Å². The van der Waals surface area contributed by atoms with Gasteiger partial charge in [0.05, 0.1) is 13.2 Å². The Bertz CT molecular complexity index is 943. The Balaban J connectivity index is 1.82. The van der Waals surface area contributed by atoms with Gasteiger partial charge in [0.1, 0.15) is 17.4 Å². The van der Waals surface area contributed by atoms with Crippen molar-refractivity contribution in [1.82, 2.24) is 9.88 Å². The minimum atomic E-state index is -0.358. The van der Waals surface area contributed by atoms with Gasteiger partial charge in [-0.2, -0.15) is 5.26 Å². The van der Waals surface area contributed by atoms with Gasteiger partial charge >= 0.3 is 0 Å². The number of ether oxygens (including phenoxy) is 1. The second kappa shape index (κ2) is 8.97. The topological polar surface area (TPSA) is 87.3 Å². The molecule has 152 valence electrons. The number of rotatable bonds is 5. The van der Waals surface area contributed by atoms with Crippen LogP contribution in [0, 0.1) is 25.2 Å². The summed E-state index contributed by atoms with van der Waals surface area (Å²) in [7, 11) is 1.63. The van der Waals surface area contributed by atoms with Gasteiger partial charge in [-0.1, -0.05) is 0 Å². The lowest BCUT2D eigenvalue weighted by atomic mass is 9.93. The number of aliphatic hydroxyl groups excluding tert-OH is 1. The van der Waals surface area contributed by atoms with E-state index < -0.39 is 0 Å². The highest BCUT2D eigenvalue weighted by molar-refractivity contribution is 6.02. The summed E-state index contributed by atoms with van der Waals surface area (Å²) in [6, 6.07) is 11.8. The van der Waals surface area contributed by atoms with Crippen molar-refractivity contribution < 1.29 is 14.6 Å². The van der Waals surface area contributed by atoms with Crippen molar-refractivity contribution in [1.29, 1.82) is 5.26 Å². The Morgan fingerprint density at radius 3 is 2.48 bits per heavy atom. The van der Waals surface area contributed by atoms with Crippen LogP contribution in [0.3, 0.4) is 0 Å².